The molecule has 0 saturated carbocycles. The first-order valence-corrected chi connectivity index (χ1v) is 7.10. The van der Waals surface area contributed by atoms with E-state index in [1.807, 2.05) is 0 Å². The standard InChI is InChI=1S/C16H17ClO3/c1-10(2)5-4-8-20-14-9-13(18)15-11(16(14)19)6-3-7-12(15)17/h3,6-7,9-10H,4-5,8H2,1-2H3. The van der Waals surface area contributed by atoms with Gasteiger partial charge < -0.3 is 4.74 Å². The van der Waals surface area contributed by atoms with Crippen molar-refractivity contribution in [2.75, 3.05) is 6.61 Å². The van der Waals surface area contributed by atoms with E-state index in [1.54, 1.807) is 18.2 Å². The molecule has 0 fully saturated rings. The van der Waals surface area contributed by atoms with Crippen LogP contribution in [0.25, 0.3) is 0 Å². The Labute approximate surface area is 123 Å². The van der Waals surface area contributed by atoms with Crippen LogP contribution in [0.5, 0.6) is 0 Å². The number of allylic oxidation sites excluding steroid dienone is 2. The summed E-state index contributed by atoms with van der Waals surface area (Å²) in [5.41, 5.74) is 0.595. The molecular formula is C16H17ClO3. The summed E-state index contributed by atoms with van der Waals surface area (Å²) in [4.78, 5) is 24.2. The van der Waals surface area contributed by atoms with E-state index in [2.05, 4.69) is 13.8 Å². The van der Waals surface area contributed by atoms with Crippen molar-refractivity contribution in [3.63, 3.8) is 0 Å². The molecule has 0 radical (unpaired) electrons. The Balaban J connectivity index is 2.11. The molecule has 0 N–H and O–H groups in total. The molecule has 1 aromatic carbocycles. The van der Waals surface area contributed by atoms with Crippen molar-refractivity contribution >= 4 is 23.2 Å². The van der Waals surface area contributed by atoms with E-state index >= 15 is 0 Å². The smallest absolute Gasteiger partial charge is 0.228 e. The van der Waals surface area contributed by atoms with Gasteiger partial charge in [0.1, 0.15) is 0 Å². The highest BCUT2D eigenvalue weighted by atomic mass is 35.5. The van der Waals surface area contributed by atoms with E-state index < -0.39 is 0 Å². The van der Waals surface area contributed by atoms with Crippen LogP contribution in [0.3, 0.4) is 0 Å². The lowest BCUT2D eigenvalue weighted by Crippen LogP contribution is -2.19. The predicted octanol–water partition coefficient (Wildman–Crippen LogP) is 4.06. The molecule has 0 heterocycles. The van der Waals surface area contributed by atoms with Crippen molar-refractivity contribution in [3.8, 4) is 0 Å². The number of fused-ring (bicyclic) bond motifs is 1. The molecule has 0 bridgehead atoms. The topological polar surface area (TPSA) is 43.4 Å². The third kappa shape index (κ3) is 3.10. The minimum absolute atomic E-state index is 0.119. The number of Topliss-reactive ketones (excluding diaryl/α,β-unsaturated/α-hetero) is 1. The number of carbonyl (C=O) groups excluding carboxylic acids is 2. The SMILES string of the molecule is CC(C)CCCOC1=CC(=O)c2c(Cl)cccc2C1=O. The second-order valence-corrected chi connectivity index (χ2v) is 5.66. The quantitative estimate of drug-likeness (QED) is 0.769. The Kier molecular flexibility index (Phi) is 4.61. The third-order valence-electron chi connectivity index (χ3n) is 3.17. The molecule has 0 saturated heterocycles. The zero-order chi connectivity index (χ0) is 14.7. The third-order valence-corrected chi connectivity index (χ3v) is 3.49. The Morgan fingerprint density at radius 2 is 2.00 bits per heavy atom. The van der Waals surface area contributed by atoms with Gasteiger partial charge in [0.25, 0.3) is 0 Å². The number of rotatable bonds is 5. The van der Waals surface area contributed by atoms with Gasteiger partial charge in [0.05, 0.1) is 17.2 Å². The molecule has 0 atom stereocenters. The fraction of sp³-hybridized carbons (Fsp3) is 0.375. The maximum atomic E-state index is 12.2. The van der Waals surface area contributed by atoms with Crippen LogP contribution in [0.4, 0.5) is 0 Å². The average molecular weight is 293 g/mol. The molecule has 0 amide bonds. The van der Waals surface area contributed by atoms with Crippen molar-refractivity contribution in [2.24, 2.45) is 5.92 Å². The highest BCUT2D eigenvalue weighted by Gasteiger charge is 2.28. The lowest BCUT2D eigenvalue weighted by molar-refractivity contribution is 0.0878. The number of hydrogen-bond donors (Lipinski definition) is 0. The summed E-state index contributed by atoms with van der Waals surface area (Å²) in [6, 6.07) is 4.87. The summed E-state index contributed by atoms with van der Waals surface area (Å²) in [6.07, 6.45) is 3.13. The lowest BCUT2D eigenvalue weighted by Gasteiger charge is -2.16. The molecule has 3 nitrogen and oxygen atoms in total. The summed E-state index contributed by atoms with van der Waals surface area (Å²) in [6.45, 7) is 4.71. The van der Waals surface area contributed by atoms with Gasteiger partial charge >= 0.3 is 0 Å². The molecule has 0 unspecified atom stereocenters. The van der Waals surface area contributed by atoms with Crippen LogP contribution in [-0.4, -0.2) is 18.2 Å². The lowest BCUT2D eigenvalue weighted by atomic mass is 9.93. The van der Waals surface area contributed by atoms with Gasteiger partial charge in [-0.2, -0.15) is 0 Å². The van der Waals surface area contributed by atoms with E-state index in [4.69, 9.17) is 16.3 Å². The van der Waals surface area contributed by atoms with Gasteiger partial charge in [0.2, 0.25) is 5.78 Å². The van der Waals surface area contributed by atoms with Crippen molar-refractivity contribution in [1.29, 1.82) is 0 Å². The van der Waals surface area contributed by atoms with Crippen LogP contribution in [0.1, 0.15) is 47.4 Å². The highest BCUT2D eigenvalue weighted by molar-refractivity contribution is 6.37. The number of benzene rings is 1. The Morgan fingerprint density at radius 1 is 1.25 bits per heavy atom. The molecule has 2 rings (SSSR count). The molecule has 1 aliphatic carbocycles. The van der Waals surface area contributed by atoms with Gasteiger partial charge in [-0.3, -0.25) is 9.59 Å². The minimum Gasteiger partial charge on any atom is -0.489 e. The average Bonchev–Trinajstić information content (AvgIpc) is 2.39. The molecule has 1 aromatic rings. The fourth-order valence-electron chi connectivity index (χ4n) is 2.13. The Bertz CT molecular complexity index is 573. The first-order chi connectivity index (χ1) is 9.50. The minimum atomic E-state index is -0.274. The van der Waals surface area contributed by atoms with Crippen LogP contribution < -0.4 is 0 Å². The fourth-order valence-corrected chi connectivity index (χ4v) is 2.40. The Hall–Kier alpha value is -1.61. The van der Waals surface area contributed by atoms with Crippen LogP contribution in [0, 0.1) is 5.92 Å². The molecule has 20 heavy (non-hydrogen) atoms. The van der Waals surface area contributed by atoms with Crippen molar-refractivity contribution in [1.82, 2.24) is 0 Å². The maximum absolute atomic E-state index is 12.2. The van der Waals surface area contributed by atoms with Gasteiger partial charge in [-0.05, 0) is 24.8 Å². The van der Waals surface area contributed by atoms with Gasteiger partial charge in [0, 0.05) is 11.6 Å². The number of ether oxygens (including phenoxy) is 1. The van der Waals surface area contributed by atoms with Crippen LogP contribution in [0.15, 0.2) is 30.0 Å². The normalized spacial score (nSPS) is 14.3. The van der Waals surface area contributed by atoms with E-state index in [-0.39, 0.29) is 22.9 Å². The van der Waals surface area contributed by atoms with E-state index in [9.17, 15) is 9.59 Å². The molecule has 0 spiro atoms. The Morgan fingerprint density at radius 3 is 2.70 bits per heavy atom. The van der Waals surface area contributed by atoms with Crippen molar-refractivity contribution in [3.05, 3.63) is 46.2 Å². The summed E-state index contributed by atoms with van der Waals surface area (Å²) < 4.78 is 5.46. The van der Waals surface area contributed by atoms with Crippen molar-refractivity contribution in [2.45, 2.75) is 26.7 Å². The van der Waals surface area contributed by atoms with E-state index in [0.717, 1.165) is 12.8 Å². The number of carbonyl (C=O) groups is 2. The largest absolute Gasteiger partial charge is 0.489 e. The molecule has 4 heteroatoms. The zero-order valence-corrected chi connectivity index (χ0v) is 12.4. The molecule has 1 aliphatic rings. The van der Waals surface area contributed by atoms with Crippen LogP contribution in [0.2, 0.25) is 5.02 Å². The maximum Gasteiger partial charge on any atom is 0.228 e. The highest BCUT2D eigenvalue weighted by Crippen LogP contribution is 2.27. The molecule has 0 aromatic heterocycles. The van der Waals surface area contributed by atoms with E-state index in [0.29, 0.717) is 23.1 Å². The van der Waals surface area contributed by atoms with E-state index in [1.165, 1.54) is 6.08 Å². The first kappa shape index (κ1) is 14.8. The number of hydrogen-bond acceptors (Lipinski definition) is 3. The monoisotopic (exact) mass is 292 g/mol. The number of ketones is 2. The molecule has 106 valence electrons. The van der Waals surface area contributed by atoms with Gasteiger partial charge in [0.15, 0.2) is 11.5 Å². The van der Waals surface area contributed by atoms with Crippen LogP contribution in [-0.2, 0) is 4.74 Å². The summed E-state index contributed by atoms with van der Waals surface area (Å²) >= 11 is 5.97. The molecule has 0 aliphatic heterocycles. The van der Waals surface area contributed by atoms with Crippen molar-refractivity contribution < 1.29 is 14.3 Å². The zero-order valence-electron chi connectivity index (χ0n) is 11.6. The first-order valence-electron chi connectivity index (χ1n) is 6.72. The van der Waals surface area contributed by atoms with Gasteiger partial charge in [-0.1, -0.05) is 37.6 Å². The van der Waals surface area contributed by atoms with Gasteiger partial charge in [-0.15, -0.1) is 0 Å². The summed E-state index contributed by atoms with van der Waals surface area (Å²) in [7, 11) is 0. The van der Waals surface area contributed by atoms with Gasteiger partial charge in [-0.25, -0.2) is 0 Å². The van der Waals surface area contributed by atoms with Crippen LogP contribution >= 0.6 is 11.6 Å². The predicted molar refractivity (Wildman–Crippen MR) is 78.2 cm³/mol. The summed E-state index contributed by atoms with van der Waals surface area (Å²) in [5.74, 6) is 0.167. The second-order valence-electron chi connectivity index (χ2n) is 5.25. The molecular weight excluding hydrogens is 276 g/mol. The number of halogens is 1. The summed E-state index contributed by atoms with van der Waals surface area (Å²) in [5, 5.41) is 0.302. The second kappa shape index (κ2) is 6.23.